The van der Waals surface area contributed by atoms with Crippen molar-refractivity contribution in [1.82, 2.24) is 0 Å². The summed E-state index contributed by atoms with van der Waals surface area (Å²) >= 11 is 1.85. The van der Waals surface area contributed by atoms with Crippen molar-refractivity contribution in [3.63, 3.8) is 0 Å². The number of benzene rings is 5. The summed E-state index contributed by atoms with van der Waals surface area (Å²) in [6.07, 6.45) is 0.730. The number of anilines is 3. The lowest BCUT2D eigenvalue weighted by molar-refractivity contribution is 0.0480. The van der Waals surface area contributed by atoms with Gasteiger partial charge in [-0.1, -0.05) is 84.6 Å². The van der Waals surface area contributed by atoms with E-state index in [1.807, 2.05) is 17.8 Å². The number of esters is 1. The molecular weight excluding hydrogens is 486 g/mol. The molecule has 0 saturated carbocycles. The molecule has 0 saturated heterocycles. The summed E-state index contributed by atoms with van der Waals surface area (Å²) in [5, 5.41) is 0. The summed E-state index contributed by atoms with van der Waals surface area (Å²) in [7, 11) is 0. The van der Waals surface area contributed by atoms with Gasteiger partial charge in [0.05, 0.1) is 29.0 Å². The van der Waals surface area contributed by atoms with Gasteiger partial charge in [-0.25, -0.2) is 4.79 Å². The minimum Gasteiger partial charge on any atom is -0.462 e. The van der Waals surface area contributed by atoms with Crippen molar-refractivity contribution in [1.29, 1.82) is 0 Å². The Morgan fingerprint density at radius 1 is 0.658 bits per heavy atom. The van der Waals surface area contributed by atoms with Gasteiger partial charge in [-0.15, -0.1) is 0 Å². The minimum absolute atomic E-state index is 0.232. The highest BCUT2D eigenvalue weighted by Gasteiger charge is 2.50. The van der Waals surface area contributed by atoms with Gasteiger partial charge < -0.3 is 9.64 Å². The smallest absolute Gasteiger partial charge is 0.338 e. The number of ether oxygens (including phenoxy) is 1. The lowest BCUT2D eigenvalue weighted by Gasteiger charge is -2.49. The number of carbonyl (C=O) groups is 1. The number of carbonyl (C=O) groups excluding carboxylic acids is 1. The molecule has 0 radical (unpaired) electrons. The van der Waals surface area contributed by atoms with E-state index in [0.29, 0.717) is 12.2 Å². The maximum absolute atomic E-state index is 12.4. The number of rotatable bonds is 1. The molecule has 0 aliphatic carbocycles. The van der Waals surface area contributed by atoms with Crippen LogP contribution in [0.3, 0.4) is 0 Å². The molecule has 3 aliphatic heterocycles. The second-order valence-corrected chi connectivity index (χ2v) is 11.0. The molecule has 3 aliphatic rings. The molecular formula is C34H23NO2S. The van der Waals surface area contributed by atoms with Crippen LogP contribution < -0.4 is 4.90 Å². The first-order valence-electron chi connectivity index (χ1n) is 12.9. The first-order chi connectivity index (χ1) is 18.8. The van der Waals surface area contributed by atoms with Crippen molar-refractivity contribution in [3.05, 3.63) is 149 Å². The van der Waals surface area contributed by atoms with Crippen LogP contribution in [0, 0.1) is 0 Å². The average molecular weight is 510 g/mol. The predicted molar refractivity (Wildman–Crippen MR) is 151 cm³/mol. The average Bonchev–Trinajstić information content (AvgIpc) is 2.97. The van der Waals surface area contributed by atoms with Gasteiger partial charge >= 0.3 is 5.97 Å². The molecule has 3 nitrogen and oxygen atoms in total. The summed E-state index contributed by atoms with van der Waals surface area (Å²) in [6, 6.07) is 41.4. The van der Waals surface area contributed by atoms with Crippen molar-refractivity contribution in [2.75, 3.05) is 11.5 Å². The molecule has 182 valence electrons. The molecule has 4 heteroatoms. The standard InChI is InChI=1S/C34H23NO2S/c36-33-24-18-17-23(21-22(24)19-20-37-33)35-29-13-5-1-9-25(29)34(26-10-2-6-14-30(26)35)27-11-3-7-15-31(27)38-32-16-8-4-12-28(32)34/h1-18,21H,19-20H2. The number of para-hydroxylation sites is 2. The topological polar surface area (TPSA) is 29.5 Å². The van der Waals surface area contributed by atoms with Crippen LogP contribution in [-0.2, 0) is 16.6 Å². The summed E-state index contributed by atoms with van der Waals surface area (Å²) < 4.78 is 5.29. The Balaban J connectivity index is 1.47. The van der Waals surface area contributed by atoms with Gasteiger partial charge in [0.1, 0.15) is 0 Å². The molecule has 5 aromatic carbocycles. The summed E-state index contributed by atoms with van der Waals surface area (Å²) in [5.74, 6) is -0.232. The van der Waals surface area contributed by atoms with Gasteiger partial charge in [0, 0.05) is 21.9 Å². The van der Waals surface area contributed by atoms with Gasteiger partial charge in [0.2, 0.25) is 0 Å². The first-order valence-corrected chi connectivity index (χ1v) is 13.7. The molecule has 3 heterocycles. The van der Waals surface area contributed by atoms with Crippen molar-refractivity contribution >= 4 is 34.8 Å². The van der Waals surface area contributed by atoms with Gasteiger partial charge in [0.15, 0.2) is 0 Å². The van der Waals surface area contributed by atoms with E-state index in [2.05, 4.69) is 114 Å². The Morgan fingerprint density at radius 2 is 1.21 bits per heavy atom. The van der Waals surface area contributed by atoms with Crippen molar-refractivity contribution in [3.8, 4) is 0 Å². The SMILES string of the molecule is O=C1OCCc2cc(N3c4ccccc4C4(c5ccccc5Sc5ccccc54)c4ccccc43)ccc21. The second-order valence-electron chi connectivity index (χ2n) is 9.94. The Morgan fingerprint density at radius 3 is 1.84 bits per heavy atom. The number of cyclic esters (lactones) is 1. The molecule has 0 amide bonds. The zero-order valence-corrected chi connectivity index (χ0v) is 21.4. The van der Waals surface area contributed by atoms with E-state index >= 15 is 0 Å². The third-order valence-electron chi connectivity index (χ3n) is 8.07. The van der Waals surface area contributed by atoms with Gasteiger partial charge in [-0.2, -0.15) is 0 Å². The lowest BCUT2D eigenvalue weighted by atomic mass is 9.62. The van der Waals surface area contributed by atoms with E-state index in [9.17, 15) is 4.79 Å². The van der Waals surface area contributed by atoms with Gasteiger partial charge in [-0.3, -0.25) is 0 Å². The van der Waals surface area contributed by atoms with Crippen LogP contribution in [-0.4, -0.2) is 12.6 Å². The van der Waals surface area contributed by atoms with E-state index in [-0.39, 0.29) is 5.97 Å². The second kappa shape index (κ2) is 8.11. The quantitative estimate of drug-likeness (QED) is 0.210. The molecule has 0 bridgehead atoms. The van der Waals surface area contributed by atoms with E-state index in [4.69, 9.17) is 4.74 Å². The normalized spacial score (nSPS) is 16.0. The molecule has 38 heavy (non-hydrogen) atoms. The van der Waals surface area contributed by atoms with Crippen LogP contribution >= 0.6 is 11.8 Å². The fourth-order valence-electron chi connectivity index (χ4n) is 6.56. The van der Waals surface area contributed by atoms with Crippen LogP contribution in [0.25, 0.3) is 0 Å². The van der Waals surface area contributed by atoms with E-state index in [0.717, 1.165) is 29.0 Å². The molecule has 5 aromatic rings. The maximum atomic E-state index is 12.4. The van der Waals surface area contributed by atoms with Crippen molar-refractivity contribution < 1.29 is 9.53 Å². The molecule has 1 spiro atoms. The van der Waals surface area contributed by atoms with Gasteiger partial charge in [-0.05, 0) is 70.3 Å². The summed E-state index contributed by atoms with van der Waals surface area (Å²) in [4.78, 5) is 17.3. The lowest BCUT2D eigenvalue weighted by Crippen LogP contribution is -2.39. The molecule has 0 aromatic heterocycles. The predicted octanol–water partition coefficient (Wildman–Crippen LogP) is 8.03. The Kier molecular flexibility index (Phi) is 4.65. The highest BCUT2D eigenvalue weighted by molar-refractivity contribution is 7.99. The zero-order valence-electron chi connectivity index (χ0n) is 20.6. The number of fused-ring (bicyclic) bond motifs is 9. The highest BCUT2D eigenvalue weighted by Crippen LogP contribution is 2.62. The van der Waals surface area contributed by atoms with Crippen LogP contribution in [0.2, 0.25) is 0 Å². The minimum atomic E-state index is -0.444. The fraction of sp³-hybridized carbons (Fsp3) is 0.0882. The zero-order chi connectivity index (χ0) is 25.3. The molecule has 8 rings (SSSR count). The molecule has 0 atom stereocenters. The molecule has 0 N–H and O–H groups in total. The van der Waals surface area contributed by atoms with Crippen LogP contribution in [0.1, 0.15) is 38.2 Å². The van der Waals surface area contributed by atoms with Gasteiger partial charge in [0.25, 0.3) is 0 Å². The monoisotopic (exact) mass is 509 g/mol. The molecule has 0 fully saturated rings. The Hall–Kier alpha value is -4.28. The summed E-state index contributed by atoms with van der Waals surface area (Å²) in [6.45, 7) is 0.427. The number of nitrogens with zero attached hydrogens (tertiary/aromatic N) is 1. The fourth-order valence-corrected chi connectivity index (χ4v) is 7.75. The number of hydrogen-bond acceptors (Lipinski definition) is 4. The third-order valence-corrected chi connectivity index (χ3v) is 9.22. The first kappa shape index (κ1) is 21.8. The molecule has 0 unspecified atom stereocenters. The van der Waals surface area contributed by atoms with E-state index in [1.165, 1.54) is 32.0 Å². The van der Waals surface area contributed by atoms with E-state index < -0.39 is 5.41 Å². The van der Waals surface area contributed by atoms with Crippen molar-refractivity contribution in [2.45, 2.75) is 21.6 Å². The van der Waals surface area contributed by atoms with Crippen LogP contribution in [0.15, 0.2) is 125 Å². The van der Waals surface area contributed by atoms with Crippen molar-refractivity contribution in [2.24, 2.45) is 0 Å². The highest BCUT2D eigenvalue weighted by atomic mass is 32.2. The van der Waals surface area contributed by atoms with Crippen LogP contribution in [0.5, 0.6) is 0 Å². The van der Waals surface area contributed by atoms with E-state index in [1.54, 1.807) is 0 Å². The largest absolute Gasteiger partial charge is 0.462 e. The maximum Gasteiger partial charge on any atom is 0.338 e. The Labute approximate surface area is 225 Å². The summed E-state index contributed by atoms with van der Waals surface area (Å²) in [5.41, 5.74) is 9.78. The Bertz CT molecular complexity index is 1680. The van der Waals surface area contributed by atoms with Crippen LogP contribution in [0.4, 0.5) is 17.1 Å². The third kappa shape index (κ3) is 2.84. The number of hydrogen-bond donors (Lipinski definition) is 0.